The van der Waals surface area contributed by atoms with Crippen molar-refractivity contribution < 1.29 is 0 Å². The molecule has 2 aromatic heterocycles. The molecule has 0 unspecified atom stereocenters. The normalized spacial score (nSPS) is 11.7. The molecule has 5 rings (SSSR count). The van der Waals surface area contributed by atoms with Gasteiger partial charge in [-0.05, 0) is 55.0 Å². The first kappa shape index (κ1) is 16.1. The average molecular weight is 350 g/mol. The number of hydrogen-bond acceptors (Lipinski definition) is 1. The molecule has 2 heteroatoms. The van der Waals surface area contributed by atoms with E-state index in [1.54, 1.807) is 0 Å². The van der Waals surface area contributed by atoms with E-state index in [4.69, 9.17) is 0 Å². The van der Waals surface area contributed by atoms with Crippen LogP contribution in [0.1, 0.15) is 22.4 Å². The van der Waals surface area contributed by atoms with E-state index in [0.29, 0.717) is 0 Å². The highest BCUT2D eigenvalue weighted by molar-refractivity contribution is 6.17. The minimum atomic E-state index is 0.876. The molecule has 0 fully saturated rings. The van der Waals surface area contributed by atoms with Gasteiger partial charge in [-0.2, -0.15) is 0 Å². The van der Waals surface area contributed by atoms with Crippen LogP contribution in [0.4, 0.5) is 0 Å². The number of rotatable bonds is 2. The quantitative estimate of drug-likeness (QED) is 0.364. The molecular formula is C25H22N2. The van der Waals surface area contributed by atoms with Crippen LogP contribution in [0.3, 0.4) is 0 Å². The molecule has 3 aromatic carbocycles. The zero-order valence-corrected chi connectivity index (χ0v) is 16.0. The second kappa shape index (κ2) is 5.95. The Bertz CT molecular complexity index is 1310. The molecule has 0 radical (unpaired) electrons. The summed E-state index contributed by atoms with van der Waals surface area (Å²) in [4.78, 5) is 4.56. The lowest BCUT2D eigenvalue weighted by Crippen LogP contribution is -2.01. The van der Waals surface area contributed by atoms with Crippen LogP contribution in [0.2, 0.25) is 0 Å². The van der Waals surface area contributed by atoms with E-state index in [9.17, 15) is 0 Å². The number of aryl methyl sites for hydroxylation is 3. The lowest BCUT2D eigenvalue weighted by molar-refractivity contribution is 0.867. The Morgan fingerprint density at radius 2 is 1.48 bits per heavy atom. The summed E-state index contributed by atoms with van der Waals surface area (Å²) in [5.41, 5.74) is 7.74. The van der Waals surface area contributed by atoms with E-state index in [0.717, 1.165) is 12.2 Å². The molecule has 0 amide bonds. The van der Waals surface area contributed by atoms with Crippen LogP contribution in [-0.2, 0) is 6.54 Å². The molecule has 0 atom stereocenters. The van der Waals surface area contributed by atoms with Gasteiger partial charge >= 0.3 is 0 Å². The molecule has 0 saturated heterocycles. The highest BCUT2D eigenvalue weighted by Crippen LogP contribution is 2.39. The second-order valence-electron chi connectivity index (χ2n) is 7.38. The van der Waals surface area contributed by atoms with E-state index >= 15 is 0 Å². The molecule has 0 N–H and O–H groups in total. The maximum absolute atomic E-state index is 4.56. The van der Waals surface area contributed by atoms with E-state index in [2.05, 4.69) is 91.0 Å². The van der Waals surface area contributed by atoms with Crippen molar-refractivity contribution in [3.05, 3.63) is 89.2 Å². The third-order valence-corrected chi connectivity index (χ3v) is 5.80. The second-order valence-corrected chi connectivity index (χ2v) is 7.38. The topological polar surface area (TPSA) is 17.8 Å². The Kier molecular flexibility index (Phi) is 3.54. The molecule has 27 heavy (non-hydrogen) atoms. The van der Waals surface area contributed by atoms with Gasteiger partial charge in [0.15, 0.2) is 0 Å². The van der Waals surface area contributed by atoms with Gasteiger partial charge in [0, 0.05) is 40.1 Å². The standard InChI is InChI=1S/C25H22N2/c1-16-20-13-14-26-18(3)23(20)17(2)24-21-11-7-8-12-22(21)27(25(16)24)15-19-9-5-4-6-10-19/h4-14H,15H2,1-3H3. The van der Waals surface area contributed by atoms with Gasteiger partial charge in [0.2, 0.25) is 0 Å². The number of aromatic nitrogens is 2. The van der Waals surface area contributed by atoms with Crippen LogP contribution >= 0.6 is 0 Å². The fourth-order valence-electron chi connectivity index (χ4n) is 4.61. The summed E-state index contributed by atoms with van der Waals surface area (Å²) in [7, 11) is 0. The van der Waals surface area contributed by atoms with Crippen molar-refractivity contribution in [2.45, 2.75) is 27.3 Å². The SMILES string of the molecule is Cc1nccc2c(C)c3c(c(C)c12)c1ccccc1n3Cc1ccccc1. The summed E-state index contributed by atoms with van der Waals surface area (Å²) >= 11 is 0. The maximum atomic E-state index is 4.56. The van der Waals surface area contributed by atoms with E-state index in [1.807, 2.05) is 6.20 Å². The monoisotopic (exact) mass is 350 g/mol. The summed E-state index contributed by atoms with van der Waals surface area (Å²) in [6, 6.07) is 21.7. The van der Waals surface area contributed by atoms with Crippen LogP contribution in [0.15, 0.2) is 66.9 Å². The fraction of sp³-hybridized carbons (Fsp3) is 0.160. The molecule has 2 nitrogen and oxygen atoms in total. The molecular weight excluding hydrogens is 328 g/mol. The zero-order valence-electron chi connectivity index (χ0n) is 16.0. The van der Waals surface area contributed by atoms with Gasteiger partial charge in [0.05, 0.1) is 5.52 Å². The number of hydrogen-bond donors (Lipinski definition) is 0. The lowest BCUT2D eigenvalue weighted by Gasteiger charge is -2.14. The molecule has 0 saturated carbocycles. The van der Waals surface area contributed by atoms with E-state index in [-0.39, 0.29) is 0 Å². The highest BCUT2D eigenvalue weighted by atomic mass is 15.0. The Balaban J connectivity index is 1.98. The van der Waals surface area contributed by atoms with Crippen molar-refractivity contribution in [1.29, 1.82) is 0 Å². The van der Waals surface area contributed by atoms with Gasteiger partial charge in [-0.15, -0.1) is 0 Å². The van der Waals surface area contributed by atoms with E-state index in [1.165, 1.54) is 49.3 Å². The number of nitrogens with zero attached hydrogens (tertiary/aromatic N) is 2. The minimum Gasteiger partial charge on any atom is -0.336 e. The van der Waals surface area contributed by atoms with Crippen LogP contribution < -0.4 is 0 Å². The third-order valence-electron chi connectivity index (χ3n) is 5.80. The molecule has 0 spiro atoms. The van der Waals surface area contributed by atoms with Gasteiger partial charge in [-0.25, -0.2) is 0 Å². The van der Waals surface area contributed by atoms with Crippen molar-refractivity contribution in [2.75, 3.05) is 0 Å². The highest BCUT2D eigenvalue weighted by Gasteiger charge is 2.19. The van der Waals surface area contributed by atoms with Crippen LogP contribution in [-0.4, -0.2) is 9.55 Å². The Labute approximate surface area is 159 Å². The number of pyridine rings is 1. The first-order valence-corrected chi connectivity index (χ1v) is 9.46. The summed E-state index contributed by atoms with van der Waals surface area (Å²) < 4.78 is 2.48. The number of fused-ring (bicyclic) bond motifs is 4. The molecule has 132 valence electrons. The third kappa shape index (κ3) is 2.30. The van der Waals surface area contributed by atoms with Gasteiger partial charge in [0.25, 0.3) is 0 Å². The van der Waals surface area contributed by atoms with Crippen LogP contribution in [0, 0.1) is 20.8 Å². The van der Waals surface area contributed by atoms with Gasteiger partial charge in [-0.1, -0.05) is 48.5 Å². The molecule has 0 aliphatic rings. The lowest BCUT2D eigenvalue weighted by atomic mass is 9.95. The zero-order chi connectivity index (χ0) is 18.5. The molecule has 0 bridgehead atoms. The Hall–Kier alpha value is -3.13. The number of para-hydroxylation sites is 1. The smallest absolute Gasteiger partial charge is 0.0533 e. The van der Waals surface area contributed by atoms with Crippen molar-refractivity contribution >= 4 is 32.6 Å². The van der Waals surface area contributed by atoms with Crippen molar-refractivity contribution in [2.24, 2.45) is 0 Å². The summed E-state index contributed by atoms with van der Waals surface area (Å²) in [6.45, 7) is 7.49. The van der Waals surface area contributed by atoms with Gasteiger partial charge in [0.1, 0.15) is 0 Å². The first-order valence-electron chi connectivity index (χ1n) is 9.46. The summed E-state index contributed by atoms with van der Waals surface area (Å²) in [5.74, 6) is 0. The Morgan fingerprint density at radius 1 is 0.741 bits per heavy atom. The van der Waals surface area contributed by atoms with E-state index < -0.39 is 0 Å². The van der Waals surface area contributed by atoms with Crippen molar-refractivity contribution in [3.63, 3.8) is 0 Å². The predicted molar refractivity (Wildman–Crippen MR) is 115 cm³/mol. The van der Waals surface area contributed by atoms with Crippen LogP contribution in [0.25, 0.3) is 32.6 Å². The fourth-order valence-corrected chi connectivity index (χ4v) is 4.61. The van der Waals surface area contributed by atoms with Gasteiger partial charge in [-0.3, -0.25) is 4.98 Å². The summed E-state index contributed by atoms with van der Waals surface area (Å²) in [5, 5.41) is 5.30. The van der Waals surface area contributed by atoms with Gasteiger partial charge < -0.3 is 4.57 Å². The maximum Gasteiger partial charge on any atom is 0.0533 e. The molecule has 2 heterocycles. The minimum absolute atomic E-state index is 0.876. The van der Waals surface area contributed by atoms with Crippen molar-refractivity contribution in [1.82, 2.24) is 9.55 Å². The van der Waals surface area contributed by atoms with Crippen LogP contribution in [0.5, 0.6) is 0 Å². The number of benzene rings is 3. The summed E-state index contributed by atoms with van der Waals surface area (Å²) in [6.07, 6.45) is 1.93. The molecule has 5 aromatic rings. The molecule has 0 aliphatic heterocycles. The molecule has 0 aliphatic carbocycles. The van der Waals surface area contributed by atoms with Crippen molar-refractivity contribution in [3.8, 4) is 0 Å². The average Bonchev–Trinajstić information content (AvgIpc) is 3.02. The largest absolute Gasteiger partial charge is 0.336 e. The first-order chi connectivity index (χ1) is 13.2. The predicted octanol–water partition coefficient (Wildman–Crippen LogP) is 6.32. The Morgan fingerprint density at radius 3 is 2.30 bits per heavy atom.